The van der Waals surface area contributed by atoms with Gasteiger partial charge in [0.15, 0.2) is 0 Å². The molecule has 1 heteroatoms. The molecule has 0 aromatic rings. The van der Waals surface area contributed by atoms with Crippen molar-refractivity contribution in [3.63, 3.8) is 0 Å². The first kappa shape index (κ1) is 6.79. The lowest BCUT2D eigenvalue weighted by atomic mass is 10.1. The molecule has 1 atom stereocenters. The molecule has 0 aromatic heterocycles. The standard InChI is InChI=1S/C8H13F/c1-3-7-4-5-8(9)6(7)2/h8H,3-5H2,1-2H3. The number of alkyl halides is 1. The molecule has 0 fully saturated rings. The quantitative estimate of drug-likeness (QED) is 0.476. The third kappa shape index (κ3) is 1.15. The van der Waals surface area contributed by atoms with Crippen molar-refractivity contribution in [2.45, 2.75) is 39.3 Å². The SMILES string of the molecule is CCC1=C(C)C(F)CC1. The van der Waals surface area contributed by atoms with E-state index in [-0.39, 0.29) is 0 Å². The Morgan fingerprint density at radius 3 is 2.56 bits per heavy atom. The van der Waals surface area contributed by atoms with Gasteiger partial charge in [-0.2, -0.15) is 0 Å². The van der Waals surface area contributed by atoms with Crippen LogP contribution in [0.3, 0.4) is 0 Å². The van der Waals surface area contributed by atoms with Crippen molar-refractivity contribution in [3.8, 4) is 0 Å². The molecule has 1 unspecified atom stereocenters. The largest absolute Gasteiger partial charge is 0.243 e. The van der Waals surface area contributed by atoms with E-state index in [4.69, 9.17) is 0 Å². The molecular weight excluding hydrogens is 115 g/mol. The molecule has 1 rings (SSSR count). The average Bonchev–Trinajstić information content (AvgIpc) is 2.15. The van der Waals surface area contributed by atoms with Gasteiger partial charge in [-0.05, 0) is 31.8 Å². The van der Waals surface area contributed by atoms with Crippen LogP contribution in [0.5, 0.6) is 0 Å². The molecule has 9 heavy (non-hydrogen) atoms. The zero-order chi connectivity index (χ0) is 6.85. The van der Waals surface area contributed by atoms with E-state index < -0.39 is 6.17 Å². The molecule has 0 aliphatic heterocycles. The lowest BCUT2D eigenvalue weighted by Crippen LogP contribution is -1.92. The van der Waals surface area contributed by atoms with Crippen LogP contribution in [-0.2, 0) is 0 Å². The van der Waals surface area contributed by atoms with Gasteiger partial charge in [-0.3, -0.25) is 0 Å². The van der Waals surface area contributed by atoms with Crippen molar-refractivity contribution in [1.82, 2.24) is 0 Å². The second kappa shape index (κ2) is 2.51. The zero-order valence-corrected chi connectivity index (χ0v) is 6.08. The fourth-order valence-corrected chi connectivity index (χ4v) is 1.39. The second-order valence-corrected chi connectivity index (χ2v) is 2.65. The fourth-order valence-electron chi connectivity index (χ4n) is 1.39. The van der Waals surface area contributed by atoms with Crippen LogP contribution in [0.4, 0.5) is 4.39 Å². The van der Waals surface area contributed by atoms with Gasteiger partial charge in [0.1, 0.15) is 6.17 Å². The molecule has 0 nitrogen and oxygen atoms in total. The van der Waals surface area contributed by atoms with Crippen LogP contribution in [0.2, 0.25) is 0 Å². The molecule has 0 saturated heterocycles. The maximum absolute atomic E-state index is 12.7. The Hall–Kier alpha value is -0.330. The number of hydrogen-bond donors (Lipinski definition) is 0. The summed E-state index contributed by atoms with van der Waals surface area (Å²) < 4.78 is 12.7. The number of halogens is 1. The number of allylic oxidation sites excluding steroid dienone is 2. The predicted octanol–water partition coefficient (Wildman–Crippen LogP) is 2.84. The van der Waals surface area contributed by atoms with Gasteiger partial charge in [-0.15, -0.1) is 0 Å². The molecule has 1 aliphatic rings. The first-order valence-corrected chi connectivity index (χ1v) is 3.58. The topological polar surface area (TPSA) is 0 Å². The van der Waals surface area contributed by atoms with E-state index in [1.165, 1.54) is 5.57 Å². The monoisotopic (exact) mass is 128 g/mol. The third-order valence-corrected chi connectivity index (χ3v) is 2.15. The van der Waals surface area contributed by atoms with E-state index in [0.717, 1.165) is 24.8 Å². The van der Waals surface area contributed by atoms with Crippen LogP contribution >= 0.6 is 0 Å². The van der Waals surface area contributed by atoms with Crippen molar-refractivity contribution < 1.29 is 4.39 Å². The Kier molecular flexibility index (Phi) is 1.89. The maximum Gasteiger partial charge on any atom is 0.121 e. The van der Waals surface area contributed by atoms with E-state index in [1.54, 1.807) is 0 Å². The fraction of sp³-hybridized carbons (Fsp3) is 0.750. The molecule has 0 bridgehead atoms. The molecule has 0 amide bonds. The molecular formula is C8H13F. The van der Waals surface area contributed by atoms with Crippen LogP contribution in [-0.4, -0.2) is 6.17 Å². The van der Waals surface area contributed by atoms with E-state index >= 15 is 0 Å². The van der Waals surface area contributed by atoms with Crippen molar-refractivity contribution in [3.05, 3.63) is 11.1 Å². The molecule has 0 N–H and O–H groups in total. The molecule has 0 heterocycles. The Balaban J connectivity index is 2.68. The summed E-state index contributed by atoms with van der Waals surface area (Å²) in [5, 5.41) is 0. The van der Waals surface area contributed by atoms with Gasteiger partial charge in [0.25, 0.3) is 0 Å². The van der Waals surface area contributed by atoms with Gasteiger partial charge in [-0.1, -0.05) is 12.5 Å². The molecule has 0 saturated carbocycles. The average molecular weight is 128 g/mol. The minimum atomic E-state index is -0.625. The summed E-state index contributed by atoms with van der Waals surface area (Å²) >= 11 is 0. The van der Waals surface area contributed by atoms with Crippen LogP contribution in [0, 0.1) is 0 Å². The summed E-state index contributed by atoms with van der Waals surface area (Å²) in [7, 11) is 0. The molecule has 0 radical (unpaired) electrons. The smallest absolute Gasteiger partial charge is 0.121 e. The minimum absolute atomic E-state index is 0.625. The maximum atomic E-state index is 12.7. The molecule has 52 valence electrons. The van der Waals surface area contributed by atoms with Crippen LogP contribution in [0.15, 0.2) is 11.1 Å². The lowest BCUT2D eigenvalue weighted by Gasteiger charge is -1.98. The first-order valence-electron chi connectivity index (χ1n) is 3.58. The Morgan fingerprint density at radius 2 is 2.33 bits per heavy atom. The van der Waals surface area contributed by atoms with E-state index in [0.29, 0.717) is 0 Å². The summed E-state index contributed by atoms with van der Waals surface area (Å²) in [6.45, 7) is 4.01. The molecule has 0 spiro atoms. The summed E-state index contributed by atoms with van der Waals surface area (Å²) in [6, 6.07) is 0. The Morgan fingerprint density at radius 1 is 1.67 bits per heavy atom. The van der Waals surface area contributed by atoms with Crippen LogP contribution < -0.4 is 0 Å². The van der Waals surface area contributed by atoms with Gasteiger partial charge in [0, 0.05) is 0 Å². The minimum Gasteiger partial charge on any atom is -0.243 e. The highest BCUT2D eigenvalue weighted by Gasteiger charge is 2.19. The van der Waals surface area contributed by atoms with Gasteiger partial charge in [0.2, 0.25) is 0 Å². The van der Waals surface area contributed by atoms with Gasteiger partial charge >= 0.3 is 0 Å². The van der Waals surface area contributed by atoms with Gasteiger partial charge in [-0.25, -0.2) is 4.39 Å². The summed E-state index contributed by atoms with van der Waals surface area (Å²) in [5.41, 5.74) is 2.33. The van der Waals surface area contributed by atoms with Gasteiger partial charge < -0.3 is 0 Å². The highest BCUT2D eigenvalue weighted by Crippen LogP contribution is 2.29. The lowest BCUT2D eigenvalue weighted by molar-refractivity contribution is 0.380. The number of rotatable bonds is 1. The highest BCUT2D eigenvalue weighted by molar-refractivity contribution is 5.21. The Bertz CT molecular complexity index is 136. The highest BCUT2D eigenvalue weighted by atomic mass is 19.1. The molecule has 1 aliphatic carbocycles. The zero-order valence-electron chi connectivity index (χ0n) is 6.08. The van der Waals surface area contributed by atoms with Crippen LogP contribution in [0.25, 0.3) is 0 Å². The Labute approximate surface area is 55.8 Å². The summed E-state index contributed by atoms with van der Waals surface area (Å²) in [4.78, 5) is 0. The van der Waals surface area contributed by atoms with Gasteiger partial charge in [0.05, 0.1) is 0 Å². The normalized spacial score (nSPS) is 27.7. The van der Waals surface area contributed by atoms with E-state index in [9.17, 15) is 4.39 Å². The van der Waals surface area contributed by atoms with Crippen molar-refractivity contribution in [2.75, 3.05) is 0 Å². The van der Waals surface area contributed by atoms with E-state index in [2.05, 4.69) is 6.92 Å². The van der Waals surface area contributed by atoms with Crippen LogP contribution in [0.1, 0.15) is 33.1 Å². The summed E-state index contributed by atoms with van der Waals surface area (Å²) in [6.07, 6.45) is 2.13. The van der Waals surface area contributed by atoms with Crippen molar-refractivity contribution >= 4 is 0 Å². The number of hydrogen-bond acceptors (Lipinski definition) is 0. The first-order chi connectivity index (χ1) is 4.25. The predicted molar refractivity (Wildman–Crippen MR) is 37.1 cm³/mol. The summed E-state index contributed by atoms with van der Waals surface area (Å²) in [5.74, 6) is 0. The van der Waals surface area contributed by atoms with Crippen molar-refractivity contribution in [1.29, 1.82) is 0 Å². The van der Waals surface area contributed by atoms with E-state index in [1.807, 2.05) is 6.92 Å². The molecule has 0 aromatic carbocycles. The van der Waals surface area contributed by atoms with Crippen molar-refractivity contribution in [2.24, 2.45) is 0 Å². The third-order valence-electron chi connectivity index (χ3n) is 2.15. The second-order valence-electron chi connectivity index (χ2n) is 2.65.